The maximum Gasteiger partial charge on any atom is 0.230 e. The SMILES string of the molecule is COc1ccccc1C(C)(C)CNC(=O)CSCc1ccncc1. The van der Waals surface area contributed by atoms with Crippen molar-refractivity contribution in [2.45, 2.75) is 25.0 Å². The lowest BCUT2D eigenvalue weighted by atomic mass is 9.84. The zero-order valence-corrected chi connectivity index (χ0v) is 15.2. The summed E-state index contributed by atoms with van der Waals surface area (Å²) in [5.41, 5.74) is 2.08. The summed E-state index contributed by atoms with van der Waals surface area (Å²) in [6.45, 7) is 4.78. The summed E-state index contributed by atoms with van der Waals surface area (Å²) < 4.78 is 5.43. The first-order valence-corrected chi connectivity index (χ1v) is 9.05. The first-order valence-electron chi connectivity index (χ1n) is 7.90. The lowest BCUT2D eigenvalue weighted by Gasteiger charge is -2.27. The van der Waals surface area contributed by atoms with Crippen LogP contribution in [-0.4, -0.2) is 30.3 Å². The van der Waals surface area contributed by atoms with Crippen LogP contribution in [0.4, 0.5) is 0 Å². The molecule has 0 atom stereocenters. The molecule has 0 unspecified atom stereocenters. The fraction of sp³-hybridized carbons (Fsp3) is 0.368. The predicted octanol–water partition coefficient (Wildman–Crippen LogP) is 3.42. The molecule has 0 aliphatic carbocycles. The number of ether oxygens (including phenoxy) is 1. The number of nitrogens with one attached hydrogen (secondary N) is 1. The van der Waals surface area contributed by atoms with Gasteiger partial charge >= 0.3 is 0 Å². The van der Waals surface area contributed by atoms with E-state index in [4.69, 9.17) is 4.74 Å². The molecule has 0 fully saturated rings. The van der Waals surface area contributed by atoms with Gasteiger partial charge in [0, 0.05) is 35.7 Å². The second-order valence-electron chi connectivity index (χ2n) is 6.21. The number of hydrogen-bond acceptors (Lipinski definition) is 4. The Morgan fingerprint density at radius 1 is 1.21 bits per heavy atom. The van der Waals surface area contributed by atoms with E-state index in [1.165, 1.54) is 5.56 Å². The van der Waals surface area contributed by atoms with Gasteiger partial charge in [0.1, 0.15) is 5.75 Å². The molecule has 1 amide bonds. The van der Waals surface area contributed by atoms with Gasteiger partial charge in [-0.1, -0.05) is 32.0 Å². The third-order valence-electron chi connectivity index (χ3n) is 3.81. The Balaban J connectivity index is 1.82. The van der Waals surface area contributed by atoms with Crippen molar-refractivity contribution in [1.82, 2.24) is 10.3 Å². The zero-order chi connectivity index (χ0) is 17.4. The molecule has 0 radical (unpaired) electrons. The van der Waals surface area contributed by atoms with E-state index in [-0.39, 0.29) is 11.3 Å². The number of aromatic nitrogens is 1. The van der Waals surface area contributed by atoms with Gasteiger partial charge in [0.15, 0.2) is 0 Å². The molecule has 1 aromatic heterocycles. The van der Waals surface area contributed by atoms with Crippen molar-refractivity contribution in [3.05, 3.63) is 59.9 Å². The molecule has 1 aromatic carbocycles. The summed E-state index contributed by atoms with van der Waals surface area (Å²) in [7, 11) is 1.67. The fourth-order valence-electron chi connectivity index (χ4n) is 2.41. The average Bonchev–Trinajstić information content (AvgIpc) is 2.61. The molecule has 24 heavy (non-hydrogen) atoms. The summed E-state index contributed by atoms with van der Waals surface area (Å²) in [5.74, 6) is 2.16. The maximum atomic E-state index is 12.1. The van der Waals surface area contributed by atoms with Gasteiger partial charge in [0.2, 0.25) is 5.91 Å². The van der Waals surface area contributed by atoms with Crippen LogP contribution in [0.15, 0.2) is 48.8 Å². The van der Waals surface area contributed by atoms with E-state index in [0.29, 0.717) is 12.3 Å². The lowest BCUT2D eigenvalue weighted by molar-refractivity contribution is -0.118. The van der Waals surface area contributed by atoms with Crippen molar-refractivity contribution in [3.8, 4) is 5.75 Å². The summed E-state index contributed by atoms with van der Waals surface area (Å²) in [6.07, 6.45) is 3.54. The van der Waals surface area contributed by atoms with Gasteiger partial charge in [0.05, 0.1) is 12.9 Å². The summed E-state index contributed by atoms with van der Waals surface area (Å²) in [4.78, 5) is 16.1. The summed E-state index contributed by atoms with van der Waals surface area (Å²) in [5, 5.41) is 3.03. The fourth-order valence-corrected chi connectivity index (χ4v) is 3.23. The molecule has 1 N–H and O–H groups in total. The molecule has 0 saturated heterocycles. The number of thioether (sulfide) groups is 1. The number of carbonyl (C=O) groups excluding carboxylic acids is 1. The minimum atomic E-state index is -0.196. The van der Waals surface area contributed by atoms with Crippen LogP contribution in [0, 0.1) is 0 Å². The van der Waals surface area contributed by atoms with Gasteiger partial charge in [-0.15, -0.1) is 11.8 Å². The van der Waals surface area contributed by atoms with Crippen LogP contribution in [0.2, 0.25) is 0 Å². The number of benzene rings is 1. The Bertz CT molecular complexity index is 659. The van der Waals surface area contributed by atoms with E-state index >= 15 is 0 Å². The molecule has 2 aromatic rings. The molecule has 128 valence electrons. The van der Waals surface area contributed by atoms with E-state index in [1.807, 2.05) is 36.4 Å². The number of carbonyl (C=O) groups is 1. The predicted molar refractivity (Wildman–Crippen MR) is 99.4 cm³/mol. The highest BCUT2D eigenvalue weighted by Gasteiger charge is 2.24. The molecule has 4 nitrogen and oxygen atoms in total. The van der Waals surface area contributed by atoms with E-state index in [9.17, 15) is 4.79 Å². The van der Waals surface area contributed by atoms with Gasteiger partial charge < -0.3 is 10.1 Å². The highest BCUT2D eigenvalue weighted by molar-refractivity contribution is 7.99. The molecule has 0 aliphatic heterocycles. The summed E-state index contributed by atoms with van der Waals surface area (Å²) >= 11 is 1.60. The van der Waals surface area contributed by atoms with E-state index in [0.717, 1.165) is 17.1 Å². The van der Waals surface area contributed by atoms with Crippen molar-refractivity contribution < 1.29 is 9.53 Å². The number of pyridine rings is 1. The smallest absolute Gasteiger partial charge is 0.230 e. The van der Waals surface area contributed by atoms with Gasteiger partial charge in [0.25, 0.3) is 0 Å². The number of rotatable bonds is 8. The van der Waals surface area contributed by atoms with Crippen molar-refractivity contribution in [2.24, 2.45) is 0 Å². The van der Waals surface area contributed by atoms with Crippen molar-refractivity contribution in [3.63, 3.8) is 0 Å². The van der Waals surface area contributed by atoms with Crippen LogP contribution in [-0.2, 0) is 16.0 Å². The van der Waals surface area contributed by atoms with E-state index in [2.05, 4.69) is 24.1 Å². The number of nitrogens with zero attached hydrogens (tertiary/aromatic N) is 1. The molecule has 2 rings (SSSR count). The number of hydrogen-bond donors (Lipinski definition) is 1. The second kappa shape index (κ2) is 8.73. The second-order valence-corrected chi connectivity index (χ2v) is 7.19. The van der Waals surface area contributed by atoms with E-state index < -0.39 is 0 Å². The zero-order valence-electron chi connectivity index (χ0n) is 14.4. The molecule has 1 heterocycles. The van der Waals surface area contributed by atoms with Gasteiger partial charge in [-0.2, -0.15) is 0 Å². The Kier molecular flexibility index (Phi) is 6.67. The Hall–Kier alpha value is -2.01. The molecule has 5 heteroatoms. The van der Waals surface area contributed by atoms with Crippen molar-refractivity contribution >= 4 is 17.7 Å². The van der Waals surface area contributed by atoms with Crippen LogP contribution in [0.3, 0.4) is 0 Å². The normalized spacial score (nSPS) is 11.1. The monoisotopic (exact) mass is 344 g/mol. The molecular formula is C19H24N2O2S. The minimum Gasteiger partial charge on any atom is -0.496 e. The summed E-state index contributed by atoms with van der Waals surface area (Å²) in [6, 6.07) is 11.9. The minimum absolute atomic E-state index is 0.0528. The highest BCUT2D eigenvalue weighted by Crippen LogP contribution is 2.30. The van der Waals surface area contributed by atoms with Crippen LogP contribution < -0.4 is 10.1 Å². The maximum absolute atomic E-state index is 12.1. The standard InChI is InChI=1S/C19H24N2O2S/c1-19(2,16-6-4-5-7-17(16)23-3)14-21-18(22)13-24-12-15-8-10-20-11-9-15/h4-11H,12-14H2,1-3H3,(H,21,22). The van der Waals surface area contributed by atoms with Crippen LogP contribution in [0.5, 0.6) is 5.75 Å². The third-order valence-corrected chi connectivity index (χ3v) is 4.82. The van der Waals surface area contributed by atoms with Gasteiger partial charge in [-0.3, -0.25) is 9.78 Å². The quantitative estimate of drug-likeness (QED) is 0.797. The average molecular weight is 344 g/mol. The lowest BCUT2D eigenvalue weighted by Crippen LogP contribution is -2.37. The number of para-hydroxylation sites is 1. The molecule has 0 bridgehead atoms. The molecular weight excluding hydrogens is 320 g/mol. The van der Waals surface area contributed by atoms with Crippen molar-refractivity contribution in [2.75, 3.05) is 19.4 Å². The number of amides is 1. The van der Waals surface area contributed by atoms with Gasteiger partial charge in [-0.25, -0.2) is 0 Å². The van der Waals surface area contributed by atoms with Crippen LogP contribution in [0.1, 0.15) is 25.0 Å². The topological polar surface area (TPSA) is 51.2 Å². The Labute approximate surface area is 148 Å². The molecule has 0 spiro atoms. The molecule has 0 aliphatic rings. The van der Waals surface area contributed by atoms with Crippen LogP contribution in [0.25, 0.3) is 0 Å². The molecule has 0 saturated carbocycles. The van der Waals surface area contributed by atoms with Crippen molar-refractivity contribution in [1.29, 1.82) is 0 Å². The Morgan fingerprint density at radius 2 is 1.92 bits per heavy atom. The largest absolute Gasteiger partial charge is 0.496 e. The Morgan fingerprint density at radius 3 is 2.62 bits per heavy atom. The number of methoxy groups -OCH3 is 1. The van der Waals surface area contributed by atoms with E-state index in [1.54, 1.807) is 31.3 Å². The van der Waals surface area contributed by atoms with Gasteiger partial charge in [-0.05, 0) is 23.8 Å². The third kappa shape index (κ3) is 5.27. The van der Waals surface area contributed by atoms with Crippen LogP contribution >= 0.6 is 11.8 Å². The first-order chi connectivity index (χ1) is 11.5. The first kappa shape index (κ1) is 18.3. The highest BCUT2D eigenvalue weighted by atomic mass is 32.2.